The number of hydrogen-bond donors (Lipinski definition) is 1. The van der Waals surface area contributed by atoms with Gasteiger partial charge in [-0.25, -0.2) is 0 Å². The summed E-state index contributed by atoms with van der Waals surface area (Å²) < 4.78 is 0. The van der Waals surface area contributed by atoms with E-state index in [1.165, 1.54) is 11.3 Å². The molecule has 0 saturated heterocycles. The maximum absolute atomic E-state index is 5.56. The lowest BCUT2D eigenvalue weighted by molar-refractivity contribution is 0.860. The van der Waals surface area contributed by atoms with Crippen molar-refractivity contribution in [2.45, 2.75) is 13.8 Å². The van der Waals surface area contributed by atoms with Gasteiger partial charge in [-0.05, 0) is 31.1 Å². The zero-order chi connectivity index (χ0) is 11.3. The molecule has 15 heavy (non-hydrogen) atoms. The van der Waals surface area contributed by atoms with Crippen LogP contribution in [0, 0.1) is 6.92 Å². The minimum absolute atomic E-state index is 0.558. The van der Waals surface area contributed by atoms with Crippen molar-refractivity contribution < 1.29 is 0 Å². The summed E-state index contributed by atoms with van der Waals surface area (Å²) in [6.45, 7) is 10.6. The number of para-hydroxylation sites is 1. The van der Waals surface area contributed by atoms with Crippen LogP contribution in [-0.2, 0) is 0 Å². The second-order valence-electron chi connectivity index (χ2n) is 3.75. The second-order valence-corrected chi connectivity index (χ2v) is 3.75. The number of likely N-dealkylation sites (N-methyl/N-ethyl adjacent to an activating group) is 1. The van der Waals surface area contributed by atoms with Crippen LogP contribution in [0.2, 0.25) is 0 Å². The number of hydrogen-bond acceptors (Lipinski definition) is 2. The van der Waals surface area contributed by atoms with E-state index in [-0.39, 0.29) is 0 Å². The Hall–Kier alpha value is -1.28. The van der Waals surface area contributed by atoms with Crippen molar-refractivity contribution in [1.82, 2.24) is 0 Å². The summed E-state index contributed by atoms with van der Waals surface area (Å²) in [5.41, 5.74) is 9.20. The molecule has 0 amide bonds. The fourth-order valence-corrected chi connectivity index (χ4v) is 1.62. The fourth-order valence-electron chi connectivity index (χ4n) is 1.62. The van der Waals surface area contributed by atoms with E-state index in [2.05, 4.69) is 49.6 Å². The van der Waals surface area contributed by atoms with Gasteiger partial charge in [0, 0.05) is 25.3 Å². The molecule has 0 saturated carbocycles. The van der Waals surface area contributed by atoms with Crippen LogP contribution in [0.15, 0.2) is 36.4 Å². The van der Waals surface area contributed by atoms with E-state index in [1.54, 1.807) is 0 Å². The largest absolute Gasteiger partial charge is 0.368 e. The van der Waals surface area contributed by atoms with Gasteiger partial charge in [0.1, 0.15) is 0 Å². The quantitative estimate of drug-likeness (QED) is 0.746. The molecule has 0 heterocycles. The molecular weight excluding hydrogens is 184 g/mol. The van der Waals surface area contributed by atoms with E-state index >= 15 is 0 Å². The summed E-state index contributed by atoms with van der Waals surface area (Å²) in [5, 5.41) is 0. The number of rotatable bonds is 5. The maximum atomic E-state index is 5.56. The number of nitrogens with zero attached hydrogens (tertiary/aromatic N) is 1. The molecule has 0 radical (unpaired) electrons. The van der Waals surface area contributed by atoms with Crippen molar-refractivity contribution >= 4 is 5.69 Å². The van der Waals surface area contributed by atoms with Crippen LogP contribution < -0.4 is 10.6 Å². The summed E-state index contributed by atoms with van der Waals surface area (Å²) in [4.78, 5) is 2.30. The van der Waals surface area contributed by atoms with Gasteiger partial charge >= 0.3 is 0 Å². The van der Waals surface area contributed by atoms with Gasteiger partial charge in [0.15, 0.2) is 0 Å². The minimum Gasteiger partial charge on any atom is -0.368 e. The molecule has 0 aromatic heterocycles. The second kappa shape index (κ2) is 5.56. The highest BCUT2D eigenvalue weighted by atomic mass is 15.1. The number of benzene rings is 1. The highest BCUT2D eigenvalue weighted by Gasteiger charge is 2.06. The highest BCUT2D eigenvalue weighted by molar-refractivity contribution is 5.53. The van der Waals surface area contributed by atoms with Crippen molar-refractivity contribution in [3.05, 3.63) is 42.0 Å². The van der Waals surface area contributed by atoms with Crippen molar-refractivity contribution in [3.8, 4) is 0 Å². The fraction of sp³-hybridized carbons (Fsp3) is 0.385. The van der Waals surface area contributed by atoms with Crippen LogP contribution in [0.3, 0.4) is 0 Å². The summed E-state index contributed by atoms with van der Waals surface area (Å²) in [5.74, 6) is 0. The van der Waals surface area contributed by atoms with Gasteiger partial charge in [-0.2, -0.15) is 0 Å². The zero-order valence-electron chi connectivity index (χ0n) is 9.66. The van der Waals surface area contributed by atoms with Crippen molar-refractivity contribution in [2.75, 3.05) is 24.5 Å². The smallest absolute Gasteiger partial charge is 0.0398 e. The summed E-state index contributed by atoms with van der Waals surface area (Å²) in [6, 6.07) is 8.40. The van der Waals surface area contributed by atoms with Crippen molar-refractivity contribution in [3.63, 3.8) is 0 Å². The van der Waals surface area contributed by atoms with Gasteiger partial charge in [-0.1, -0.05) is 24.8 Å². The van der Waals surface area contributed by atoms with Gasteiger partial charge < -0.3 is 10.6 Å². The van der Waals surface area contributed by atoms with Crippen LogP contribution >= 0.6 is 0 Å². The van der Waals surface area contributed by atoms with E-state index in [1.807, 2.05) is 0 Å². The van der Waals surface area contributed by atoms with Gasteiger partial charge in [-0.3, -0.25) is 0 Å². The molecule has 2 heteroatoms. The standard InChI is InChI=1S/C13H20N2/c1-4-15(10-11(2)9-14)13-8-6-5-7-12(13)3/h5-8H,2,4,9-10,14H2,1,3H3. The molecule has 0 spiro atoms. The first kappa shape index (κ1) is 11.8. The number of anilines is 1. The van der Waals surface area contributed by atoms with Crippen LogP contribution in [0.5, 0.6) is 0 Å². The molecule has 0 aliphatic carbocycles. The summed E-state index contributed by atoms with van der Waals surface area (Å²) in [7, 11) is 0. The molecule has 2 nitrogen and oxygen atoms in total. The van der Waals surface area contributed by atoms with Gasteiger partial charge in [0.05, 0.1) is 0 Å². The number of nitrogens with two attached hydrogens (primary N) is 1. The molecular formula is C13H20N2. The minimum atomic E-state index is 0.558. The SMILES string of the molecule is C=C(CN)CN(CC)c1ccccc1C. The first-order valence-corrected chi connectivity index (χ1v) is 5.36. The molecule has 1 rings (SSSR count). The van der Waals surface area contributed by atoms with E-state index in [0.29, 0.717) is 6.54 Å². The zero-order valence-corrected chi connectivity index (χ0v) is 9.66. The third-order valence-electron chi connectivity index (χ3n) is 2.54. The third-order valence-corrected chi connectivity index (χ3v) is 2.54. The maximum Gasteiger partial charge on any atom is 0.0398 e. The van der Waals surface area contributed by atoms with Crippen LogP contribution in [-0.4, -0.2) is 19.6 Å². The molecule has 2 N–H and O–H groups in total. The van der Waals surface area contributed by atoms with Crippen molar-refractivity contribution in [2.24, 2.45) is 5.73 Å². The molecule has 0 fully saturated rings. The molecule has 0 aliphatic heterocycles. The predicted molar refractivity (Wildman–Crippen MR) is 67.3 cm³/mol. The summed E-state index contributed by atoms with van der Waals surface area (Å²) >= 11 is 0. The molecule has 0 atom stereocenters. The lowest BCUT2D eigenvalue weighted by atomic mass is 10.1. The third kappa shape index (κ3) is 3.10. The Morgan fingerprint density at radius 2 is 2.07 bits per heavy atom. The normalized spacial score (nSPS) is 10.1. The lowest BCUT2D eigenvalue weighted by Gasteiger charge is -2.25. The van der Waals surface area contributed by atoms with Crippen LogP contribution in [0.1, 0.15) is 12.5 Å². The van der Waals surface area contributed by atoms with E-state index in [9.17, 15) is 0 Å². The first-order chi connectivity index (χ1) is 7.19. The van der Waals surface area contributed by atoms with Gasteiger partial charge in [-0.15, -0.1) is 0 Å². The first-order valence-electron chi connectivity index (χ1n) is 5.36. The van der Waals surface area contributed by atoms with Gasteiger partial charge in [0.2, 0.25) is 0 Å². The van der Waals surface area contributed by atoms with Crippen LogP contribution in [0.4, 0.5) is 5.69 Å². The lowest BCUT2D eigenvalue weighted by Crippen LogP contribution is -2.27. The number of aryl methyl sites for hydroxylation is 1. The molecule has 82 valence electrons. The Labute approximate surface area is 92.4 Å². The average molecular weight is 204 g/mol. The molecule has 0 unspecified atom stereocenters. The Morgan fingerprint density at radius 1 is 1.40 bits per heavy atom. The summed E-state index contributed by atoms with van der Waals surface area (Å²) in [6.07, 6.45) is 0. The van der Waals surface area contributed by atoms with E-state index in [0.717, 1.165) is 18.7 Å². The van der Waals surface area contributed by atoms with E-state index in [4.69, 9.17) is 5.73 Å². The van der Waals surface area contributed by atoms with Crippen molar-refractivity contribution in [1.29, 1.82) is 0 Å². The van der Waals surface area contributed by atoms with Gasteiger partial charge in [0.25, 0.3) is 0 Å². The average Bonchev–Trinajstić information content (AvgIpc) is 2.26. The Bertz CT molecular complexity index is 331. The van der Waals surface area contributed by atoms with E-state index < -0.39 is 0 Å². The molecule has 1 aromatic rings. The topological polar surface area (TPSA) is 29.3 Å². The monoisotopic (exact) mass is 204 g/mol. The Balaban J connectivity index is 2.83. The Morgan fingerprint density at radius 3 is 2.60 bits per heavy atom. The molecule has 0 bridgehead atoms. The molecule has 0 aliphatic rings. The highest BCUT2D eigenvalue weighted by Crippen LogP contribution is 2.19. The predicted octanol–water partition coefficient (Wildman–Crippen LogP) is 2.34. The molecule has 1 aromatic carbocycles. The van der Waals surface area contributed by atoms with Crippen LogP contribution in [0.25, 0.3) is 0 Å². The Kier molecular flexibility index (Phi) is 4.37.